The van der Waals surface area contributed by atoms with Crippen molar-refractivity contribution < 1.29 is 0 Å². The Bertz CT molecular complexity index is 365. The monoisotopic (exact) mass is 185 g/mol. The van der Waals surface area contributed by atoms with Gasteiger partial charge in [0.2, 0.25) is 0 Å². The van der Waals surface area contributed by atoms with Crippen LogP contribution in [0.25, 0.3) is 6.08 Å². The molecule has 2 rings (SSSR count). The van der Waals surface area contributed by atoms with E-state index in [1.165, 1.54) is 11.3 Å². The van der Waals surface area contributed by atoms with Gasteiger partial charge < -0.3 is 4.90 Å². The van der Waals surface area contributed by atoms with E-state index < -0.39 is 0 Å². The van der Waals surface area contributed by atoms with Gasteiger partial charge in [0.25, 0.3) is 0 Å². The molecule has 72 valence electrons. The molecule has 1 unspecified atom stereocenters. The van der Waals surface area contributed by atoms with Gasteiger partial charge in [-0.3, -0.25) is 0 Å². The van der Waals surface area contributed by atoms with Crippen LogP contribution in [-0.2, 0) is 0 Å². The Balaban J connectivity index is 2.46. The summed E-state index contributed by atoms with van der Waals surface area (Å²) >= 11 is 0. The SMILES string of the molecule is C=CC1C=Cc2ccccc2N1CC. The molecular weight excluding hydrogens is 170 g/mol. The van der Waals surface area contributed by atoms with Crippen LogP contribution in [0, 0.1) is 0 Å². The van der Waals surface area contributed by atoms with Crippen molar-refractivity contribution >= 4 is 11.8 Å². The molecule has 1 aliphatic rings. The molecule has 0 aliphatic carbocycles. The van der Waals surface area contributed by atoms with Crippen molar-refractivity contribution in [1.29, 1.82) is 0 Å². The number of rotatable bonds is 2. The second-order valence-corrected chi connectivity index (χ2v) is 3.43. The van der Waals surface area contributed by atoms with Crippen molar-refractivity contribution in [2.24, 2.45) is 0 Å². The maximum absolute atomic E-state index is 3.86. The van der Waals surface area contributed by atoms with Crippen molar-refractivity contribution in [2.75, 3.05) is 11.4 Å². The lowest BCUT2D eigenvalue weighted by Gasteiger charge is -2.33. The molecule has 1 heteroatoms. The number of nitrogens with zero attached hydrogens (tertiary/aromatic N) is 1. The lowest BCUT2D eigenvalue weighted by atomic mass is 10.0. The molecular formula is C13H15N. The van der Waals surface area contributed by atoms with Gasteiger partial charge in [0, 0.05) is 12.2 Å². The predicted molar refractivity (Wildman–Crippen MR) is 62.5 cm³/mol. The van der Waals surface area contributed by atoms with Gasteiger partial charge in [-0.15, -0.1) is 6.58 Å². The first-order chi connectivity index (χ1) is 6.86. The second kappa shape index (κ2) is 3.70. The average Bonchev–Trinajstić information content (AvgIpc) is 2.27. The summed E-state index contributed by atoms with van der Waals surface area (Å²) in [5.74, 6) is 0. The number of benzene rings is 1. The van der Waals surface area contributed by atoms with Gasteiger partial charge in [0.15, 0.2) is 0 Å². The maximum atomic E-state index is 3.86. The van der Waals surface area contributed by atoms with Gasteiger partial charge >= 0.3 is 0 Å². The minimum Gasteiger partial charge on any atom is -0.361 e. The summed E-state index contributed by atoms with van der Waals surface area (Å²) in [5.41, 5.74) is 2.61. The Labute approximate surface area is 85.4 Å². The Morgan fingerprint density at radius 3 is 2.93 bits per heavy atom. The summed E-state index contributed by atoms with van der Waals surface area (Å²) in [7, 11) is 0. The Kier molecular flexibility index (Phi) is 2.40. The zero-order chi connectivity index (χ0) is 9.97. The summed E-state index contributed by atoms with van der Waals surface area (Å²) in [5, 5.41) is 0. The fourth-order valence-corrected chi connectivity index (χ4v) is 1.94. The smallest absolute Gasteiger partial charge is 0.0658 e. The summed E-state index contributed by atoms with van der Waals surface area (Å²) < 4.78 is 0. The van der Waals surface area contributed by atoms with E-state index in [9.17, 15) is 0 Å². The zero-order valence-corrected chi connectivity index (χ0v) is 8.48. The van der Waals surface area contributed by atoms with Crippen molar-refractivity contribution in [3.05, 3.63) is 48.6 Å². The van der Waals surface area contributed by atoms with Crippen LogP contribution in [0.2, 0.25) is 0 Å². The number of fused-ring (bicyclic) bond motifs is 1. The largest absolute Gasteiger partial charge is 0.361 e. The van der Waals surface area contributed by atoms with E-state index in [0.29, 0.717) is 6.04 Å². The molecule has 14 heavy (non-hydrogen) atoms. The fourth-order valence-electron chi connectivity index (χ4n) is 1.94. The van der Waals surface area contributed by atoms with Gasteiger partial charge in [0.05, 0.1) is 6.04 Å². The lowest BCUT2D eigenvalue weighted by molar-refractivity contribution is 0.806. The van der Waals surface area contributed by atoms with E-state index in [4.69, 9.17) is 0 Å². The first-order valence-electron chi connectivity index (χ1n) is 5.03. The predicted octanol–water partition coefficient (Wildman–Crippen LogP) is 3.09. The van der Waals surface area contributed by atoms with Crippen molar-refractivity contribution in [3.63, 3.8) is 0 Å². The fraction of sp³-hybridized carbons (Fsp3) is 0.231. The van der Waals surface area contributed by atoms with Crippen LogP contribution in [0.5, 0.6) is 0 Å². The first-order valence-corrected chi connectivity index (χ1v) is 5.03. The normalized spacial score (nSPS) is 19.2. The number of anilines is 1. The average molecular weight is 185 g/mol. The van der Waals surface area contributed by atoms with E-state index in [-0.39, 0.29) is 0 Å². The molecule has 1 nitrogen and oxygen atoms in total. The molecule has 1 aromatic rings. The van der Waals surface area contributed by atoms with Crippen molar-refractivity contribution in [1.82, 2.24) is 0 Å². The van der Waals surface area contributed by atoms with Gasteiger partial charge in [-0.05, 0) is 18.6 Å². The van der Waals surface area contributed by atoms with E-state index in [2.05, 4.69) is 54.8 Å². The van der Waals surface area contributed by atoms with E-state index in [1.54, 1.807) is 0 Å². The molecule has 1 atom stereocenters. The molecule has 0 aromatic heterocycles. The van der Waals surface area contributed by atoms with Crippen LogP contribution in [0.3, 0.4) is 0 Å². The van der Waals surface area contributed by atoms with E-state index in [0.717, 1.165) is 6.54 Å². The minimum atomic E-state index is 0.342. The standard InChI is InChI=1S/C13H15N/c1-3-12-10-9-11-7-5-6-8-13(11)14(12)4-2/h3,5-10,12H,1,4H2,2H3. The number of likely N-dealkylation sites (N-methyl/N-ethyl adjacent to an activating group) is 1. The van der Waals surface area contributed by atoms with Gasteiger partial charge in [-0.1, -0.05) is 36.4 Å². The summed E-state index contributed by atoms with van der Waals surface area (Å²) in [4.78, 5) is 2.35. The van der Waals surface area contributed by atoms with Crippen LogP contribution in [0.1, 0.15) is 12.5 Å². The van der Waals surface area contributed by atoms with Crippen LogP contribution in [-0.4, -0.2) is 12.6 Å². The summed E-state index contributed by atoms with van der Waals surface area (Å²) in [6.45, 7) is 7.05. The van der Waals surface area contributed by atoms with Gasteiger partial charge in [-0.25, -0.2) is 0 Å². The van der Waals surface area contributed by atoms with Crippen LogP contribution < -0.4 is 4.90 Å². The van der Waals surface area contributed by atoms with Crippen LogP contribution in [0.15, 0.2) is 43.0 Å². The topological polar surface area (TPSA) is 3.24 Å². The highest BCUT2D eigenvalue weighted by molar-refractivity contribution is 5.72. The molecule has 0 N–H and O–H groups in total. The molecule has 0 bridgehead atoms. The Hall–Kier alpha value is -1.50. The third-order valence-electron chi connectivity index (χ3n) is 2.66. The quantitative estimate of drug-likeness (QED) is 0.640. The van der Waals surface area contributed by atoms with Gasteiger partial charge in [0.1, 0.15) is 0 Å². The molecule has 0 spiro atoms. The number of hydrogen-bond donors (Lipinski definition) is 0. The number of para-hydroxylation sites is 1. The summed E-state index contributed by atoms with van der Waals surface area (Å²) in [6, 6.07) is 8.81. The Morgan fingerprint density at radius 1 is 1.43 bits per heavy atom. The van der Waals surface area contributed by atoms with E-state index >= 15 is 0 Å². The molecule has 0 fully saturated rings. The Morgan fingerprint density at radius 2 is 2.21 bits per heavy atom. The van der Waals surface area contributed by atoms with Crippen LogP contribution >= 0.6 is 0 Å². The molecule has 0 saturated carbocycles. The molecule has 0 saturated heterocycles. The zero-order valence-electron chi connectivity index (χ0n) is 8.48. The molecule has 1 aliphatic heterocycles. The van der Waals surface area contributed by atoms with Crippen molar-refractivity contribution in [3.8, 4) is 0 Å². The maximum Gasteiger partial charge on any atom is 0.0658 e. The highest BCUT2D eigenvalue weighted by Crippen LogP contribution is 2.28. The van der Waals surface area contributed by atoms with E-state index in [1.807, 2.05) is 6.08 Å². The third kappa shape index (κ3) is 1.35. The van der Waals surface area contributed by atoms with Crippen LogP contribution in [0.4, 0.5) is 5.69 Å². The molecule has 1 aromatic carbocycles. The highest BCUT2D eigenvalue weighted by Gasteiger charge is 2.17. The first kappa shape index (κ1) is 9.07. The van der Waals surface area contributed by atoms with Gasteiger partial charge in [-0.2, -0.15) is 0 Å². The highest BCUT2D eigenvalue weighted by atomic mass is 15.2. The lowest BCUT2D eigenvalue weighted by Crippen LogP contribution is -2.34. The molecule has 1 heterocycles. The second-order valence-electron chi connectivity index (χ2n) is 3.43. The molecule has 0 amide bonds. The van der Waals surface area contributed by atoms with Crippen molar-refractivity contribution in [2.45, 2.75) is 13.0 Å². The third-order valence-corrected chi connectivity index (χ3v) is 2.66. The minimum absolute atomic E-state index is 0.342. The number of hydrogen-bond acceptors (Lipinski definition) is 1. The molecule has 0 radical (unpaired) electrons. The summed E-state index contributed by atoms with van der Waals surface area (Å²) in [6.07, 6.45) is 6.35.